The minimum absolute atomic E-state index is 0.127. The van der Waals surface area contributed by atoms with Crippen LogP contribution < -0.4 is 5.32 Å². The molecule has 1 aliphatic heterocycles. The average molecular weight is 288 g/mol. The van der Waals surface area contributed by atoms with Crippen molar-refractivity contribution in [2.45, 2.75) is 31.8 Å². The van der Waals surface area contributed by atoms with Gasteiger partial charge in [-0.1, -0.05) is 24.3 Å². The molecule has 1 amide bonds. The summed E-state index contributed by atoms with van der Waals surface area (Å²) in [6.07, 6.45) is 2.85. The van der Waals surface area contributed by atoms with Gasteiger partial charge in [0.1, 0.15) is 6.04 Å². The van der Waals surface area contributed by atoms with Crippen LogP contribution in [0.5, 0.6) is 0 Å². The maximum atomic E-state index is 12.3. The Morgan fingerprint density at radius 2 is 1.95 bits per heavy atom. The van der Waals surface area contributed by atoms with Crippen molar-refractivity contribution in [3.63, 3.8) is 0 Å². The number of amides is 1. The summed E-state index contributed by atoms with van der Waals surface area (Å²) >= 11 is 0. The Balaban J connectivity index is 1.68. The molecule has 3 rings (SSSR count). The summed E-state index contributed by atoms with van der Waals surface area (Å²) in [5.74, 6) is -0.354. The molecule has 1 heterocycles. The Morgan fingerprint density at radius 3 is 2.62 bits per heavy atom. The molecule has 2 N–H and O–H groups in total. The Bertz CT molecular complexity index is 554. The van der Waals surface area contributed by atoms with E-state index in [1.54, 1.807) is 0 Å². The van der Waals surface area contributed by atoms with Crippen molar-refractivity contribution in [2.24, 2.45) is 5.92 Å². The van der Waals surface area contributed by atoms with E-state index in [2.05, 4.69) is 5.32 Å². The highest BCUT2D eigenvalue weighted by Gasteiger charge is 2.34. The lowest BCUT2D eigenvalue weighted by molar-refractivity contribution is -0.151. The fraction of sp³-hybridized carbons (Fsp3) is 0.500. The molecule has 1 fully saturated rings. The summed E-state index contributed by atoms with van der Waals surface area (Å²) in [7, 11) is 0. The van der Waals surface area contributed by atoms with Gasteiger partial charge < -0.3 is 15.3 Å². The molecule has 112 valence electrons. The largest absolute Gasteiger partial charge is 0.480 e. The van der Waals surface area contributed by atoms with Gasteiger partial charge in [-0.05, 0) is 36.4 Å². The van der Waals surface area contributed by atoms with Gasteiger partial charge >= 0.3 is 5.97 Å². The maximum Gasteiger partial charge on any atom is 0.326 e. The predicted octanol–water partition coefficient (Wildman–Crippen LogP) is 1.02. The molecule has 5 nitrogen and oxygen atoms in total. The van der Waals surface area contributed by atoms with Crippen LogP contribution >= 0.6 is 0 Å². The fourth-order valence-corrected chi connectivity index (χ4v) is 2.81. The van der Waals surface area contributed by atoms with Crippen LogP contribution in [0.15, 0.2) is 24.3 Å². The number of carbonyl (C=O) groups is 2. The van der Waals surface area contributed by atoms with Gasteiger partial charge in [0.25, 0.3) is 0 Å². The Hall–Kier alpha value is -1.88. The topological polar surface area (TPSA) is 69.6 Å². The minimum Gasteiger partial charge on any atom is -0.480 e. The summed E-state index contributed by atoms with van der Waals surface area (Å²) in [6.45, 7) is 1.47. The first kappa shape index (κ1) is 14.1. The summed E-state index contributed by atoms with van der Waals surface area (Å²) in [6, 6.07) is 6.99. The molecule has 1 aliphatic carbocycles. The first-order valence-corrected chi connectivity index (χ1v) is 7.45. The third-order valence-corrected chi connectivity index (χ3v) is 4.26. The van der Waals surface area contributed by atoms with Crippen molar-refractivity contribution in [3.05, 3.63) is 35.4 Å². The first-order valence-electron chi connectivity index (χ1n) is 7.45. The van der Waals surface area contributed by atoms with Crippen LogP contribution in [0.1, 0.15) is 24.0 Å². The number of benzene rings is 1. The zero-order chi connectivity index (χ0) is 14.8. The zero-order valence-corrected chi connectivity index (χ0v) is 11.9. The highest BCUT2D eigenvalue weighted by Crippen LogP contribution is 2.27. The van der Waals surface area contributed by atoms with Crippen LogP contribution in [-0.2, 0) is 22.6 Å². The number of aliphatic carboxylic acids is 1. The van der Waals surface area contributed by atoms with Gasteiger partial charge in [-0.25, -0.2) is 4.79 Å². The van der Waals surface area contributed by atoms with E-state index < -0.39 is 12.0 Å². The number of fused-ring (bicyclic) bond motifs is 1. The third kappa shape index (κ3) is 3.24. The van der Waals surface area contributed by atoms with E-state index in [9.17, 15) is 14.7 Å². The molecule has 2 aliphatic rings. The molecule has 0 spiro atoms. The second kappa shape index (κ2) is 5.85. The second-order valence-electron chi connectivity index (χ2n) is 5.92. The zero-order valence-electron chi connectivity index (χ0n) is 11.9. The normalized spacial score (nSPS) is 21.0. The van der Waals surface area contributed by atoms with Crippen LogP contribution in [0.25, 0.3) is 0 Å². The SMILES string of the molecule is O=C(O)C1Cc2ccccc2CN1C(=O)CNCC1CC1. The van der Waals surface area contributed by atoms with Gasteiger partial charge in [0.2, 0.25) is 5.91 Å². The molecule has 1 unspecified atom stereocenters. The number of hydrogen-bond donors (Lipinski definition) is 2. The summed E-state index contributed by atoms with van der Waals surface area (Å²) in [5, 5.41) is 12.5. The minimum atomic E-state index is -0.931. The van der Waals surface area contributed by atoms with Gasteiger partial charge in [0.05, 0.1) is 6.54 Å². The molecule has 0 bridgehead atoms. The Kier molecular flexibility index (Phi) is 3.92. The number of nitrogens with zero attached hydrogens (tertiary/aromatic N) is 1. The van der Waals surface area contributed by atoms with E-state index in [0.29, 0.717) is 18.9 Å². The highest BCUT2D eigenvalue weighted by molar-refractivity contribution is 5.85. The fourth-order valence-electron chi connectivity index (χ4n) is 2.81. The average Bonchev–Trinajstić information content (AvgIpc) is 3.30. The summed E-state index contributed by atoms with van der Waals surface area (Å²) < 4.78 is 0. The van der Waals surface area contributed by atoms with Crippen molar-refractivity contribution < 1.29 is 14.7 Å². The van der Waals surface area contributed by atoms with Gasteiger partial charge in [-0.3, -0.25) is 4.79 Å². The lowest BCUT2D eigenvalue weighted by atomic mass is 9.94. The Morgan fingerprint density at radius 1 is 1.24 bits per heavy atom. The van der Waals surface area contributed by atoms with Crippen LogP contribution in [-0.4, -0.2) is 41.0 Å². The summed E-state index contributed by atoms with van der Waals surface area (Å²) in [5.41, 5.74) is 2.07. The summed E-state index contributed by atoms with van der Waals surface area (Å²) in [4.78, 5) is 25.3. The van der Waals surface area contributed by atoms with E-state index in [0.717, 1.165) is 17.7 Å². The molecular formula is C16H20N2O3. The van der Waals surface area contributed by atoms with Gasteiger partial charge in [0.15, 0.2) is 0 Å². The second-order valence-corrected chi connectivity index (χ2v) is 5.92. The molecule has 1 aromatic rings. The highest BCUT2D eigenvalue weighted by atomic mass is 16.4. The number of carboxylic acids is 1. The number of nitrogens with one attached hydrogen (secondary N) is 1. The molecule has 0 aromatic heterocycles. The number of hydrogen-bond acceptors (Lipinski definition) is 3. The van der Waals surface area contributed by atoms with E-state index in [1.807, 2.05) is 24.3 Å². The van der Waals surface area contributed by atoms with Crippen molar-refractivity contribution >= 4 is 11.9 Å². The molecule has 1 atom stereocenters. The standard InChI is InChI=1S/C16H20N2O3/c19-15(9-17-8-11-5-6-11)18-10-13-4-2-1-3-12(13)7-14(18)16(20)21/h1-4,11,14,17H,5-10H2,(H,20,21). The van der Waals surface area contributed by atoms with Gasteiger partial charge in [-0.15, -0.1) is 0 Å². The van der Waals surface area contributed by atoms with Crippen molar-refractivity contribution in [2.75, 3.05) is 13.1 Å². The molecule has 21 heavy (non-hydrogen) atoms. The van der Waals surface area contributed by atoms with E-state index in [1.165, 1.54) is 17.7 Å². The van der Waals surface area contributed by atoms with Crippen molar-refractivity contribution in [3.8, 4) is 0 Å². The van der Waals surface area contributed by atoms with E-state index >= 15 is 0 Å². The van der Waals surface area contributed by atoms with Crippen molar-refractivity contribution in [1.29, 1.82) is 0 Å². The quantitative estimate of drug-likeness (QED) is 0.849. The number of rotatable bonds is 5. The first-order chi connectivity index (χ1) is 10.1. The predicted molar refractivity (Wildman–Crippen MR) is 77.7 cm³/mol. The van der Waals surface area contributed by atoms with Crippen LogP contribution in [0.3, 0.4) is 0 Å². The van der Waals surface area contributed by atoms with Crippen molar-refractivity contribution in [1.82, 2.24) is 10.2 Å². The number of carbonyl (C=O) groups excluding carboxylic acids is 1. The molecule has 5 heteroatoms. The third-order valence-electron chi connectivity index (χ3n) is 4.26. The molecule has 0 radical (unpaired) electrons. The van der Waals surface area contributed by atoms with Gasteiger partial charge in [-0.2, -0.15) is 0 Å². The van der Waals surface area contributed by atoms with Crippen LogP contribution in [0.2, 0.25) is 0 Å². The van der Waals surface area contributed by atoms with E-state index in [4.69, 9.17) is 0 Å². The lowest BCUT2D eigenvalue weighted by Crippen LogP contribution is -2.51. The van der Waals surface area contributed by atoms with Crippen LogP contribution in [0.4, 0.5) is 0 Å². The molecular weight excluding hydrogens is 268 g/mol. The van der Waals surface area contributed by atoms with Crippen LogP contribution in [0, 0.1) is 5.92 Å². The molecule has 1 aromatic carbocycles. The van der Waals surface area contributed by atoms with Gasteiger partial charge in [0, 0.05) is 13.0 Å². The van der Waals surface area contributed by atoms with E-state index in [-0.39, 0.29) is 12.5 Å². The molecule has 1 saturated carbocycles. The monoisotopic (exact) mass is 288 g/mol. The Labute approximate surface area is 123 Å². The number of carboxylic acid groups (broad SMARTS) is 1. The maximum absolute atomic E-state index is 12.3. The smallest absolute Gasteiger partial charge is 0.326 e. The molecule has 0 saturated heterocycles. The lowest BCUT2D eigenvalue weighted by Gasteiger charge is -2.34.